The fraction of sp³-hybridized carbons (Fsp3) is 0.583. The SMILES string of the molecule is CCOC(=O)CN(CC)C(=O)c1sc(C)nc1C. The predicted octanol–water partition coefficient (Wildman–Crippen LogP) is 1.79. The Balaban J connectivity index is 2.79. The van der Waals surface area contributed by atoms with Gasteiger partial charge < -0.3 is 9.64 Å². The van der Waals surface area contributed by atoms with E-state index >= 15 is 0 Å². The van der Waals surface area contributed by atoms with Crippen LogP contribution in [0.4, 0.5) is 0 Å². The van der Waals surface area contributed by atoms with Gasteiger partial charge in [-0.25, -0.2) is 4.98 Å². The lowest BCUT2D eigenvalue weighted by Crippen LogP contribution is -2.36. The molecule has 0 aliphatic carbocycles. The molecule has 0 aliphatic heterocycles. The zero-order chi connectivity index (χ0) is 13.7. The fourth-order valence-electron chi connectivity index (χ4n) is 1.56. The summed E-state index contributed by atoms with van der Waals surface area (Å²) in [5.41, 5.74) is 0.713. The topological polar surface area (TPSA) is 59.5 Å². The van der Waals surface area contributed by atoms with E-state index in [0.29, 0.717) is 23.7 Å². The van der Waals surface area contributed by atoms with Crippen LogP contribution in [0, 0.1) is 13.8 Å². The lowest BCUT2D eigenvalue weighted by Gasteiger charge is -2.19. The molecule has 0 bridgehead atoms. The third-order valence-electron chi connectivity index (χ3n) is 2.39. The molecule has 1 heterocycles. The monoisotopic (exact) mass is 270 g/mol. The van der Waals surface area contributed by atoms with Gasteiger partial charge in [-0.05, 0) is 27.7 Å². The van der Waals surface area contributed by atoms with Crippen molar-refractivity contribution in [1.29, 1.82) is 0 Å². The zero-order valence-electron chi connectivity index (χ0n) is 11.1. The minimum atomic E-state index is -0.383. The molecule has 0 N–H and O–H groups in total. The van der Waals surface area contributed by atoms with E-state index in [1.165, 1.54) is 16.2 Å². The van der Waals surface area contributed by atoms with Crippen molar-refractivity contribution in [3.8, 4) is 0 Å². The summed E-state index contributed by atoms with van der Waals surface area (Å²) in [7, 11) is 0. The molecule has 18 heavy (non-hydrogen) atoms. The zero-order valence-corrected chi connectivity index (χ0v) is 12.0. The van der Waals surface area contributed by atoms with Gasteiger partial charge >= 0.3 is 5.97 Å². The highest BCUT2D eigenvalue weighted by Gasteiger charge is 2.21. The number of esters is 1. The van der Waals surface area contributed by atoms with Crippen LogP contribution in [0.15, 0.2) is 0 Å². The van der Waals surface area contributed by atoms with Crippen LogP contribution in [0.5, 0.6) is 0 Å². The van der Waals surface area contributed by atoms with Crippen LogP contribution in [0.25, 0.3) is 0 Å². The summed E-state index contributed by atoms with van der Waals surface area (Å²) < 4.78 is 4.85. The second kappa shape index (κ2) is 6.49. The van der Waals surface area contributed by atoms with Gasteiger partial charge in [-0.3, -0.25) is 9.59 Å². The van der Waals surface area contributed by atoms with Crippen LogP contribution in [-0.4, -0.2) is 41.5 Å². The molecule has 0 unspecified atom stereocenters. The Morgan fingerprint density at radius 1 is 1.33 bits per heavy atom. The second-order valence-electron chi connectivity index (χ2n) is 3.77. The average Bonchev–Trinajstić information content (AvgIpc) is 2.65. The van der Waals surface area contributed by atoms with Crippen LogP contribution >= 0.6 is 11.3 Å². The van der Waals surface area contributed by atoms with Gasteiger partial charge in [0.05, 0.1) is 17.3 Å². The molecule has 0 aromatic carbocycles. The first-order valence-electron chi connectivity index (χ1n) is 5.88. The number of amides is 1. The van der Waals surface area contributed by atoms with Crippen LogP contribution in [0.1, 0.15) is 34.2 Å². The molecular weight excluding hydrogens is 252 g/mol. The number of rotatable bonds is 5. The standard InChI is InChI=1S/C12H18N2O3S/c1-5-14(7-10(15)17-6-2)12(16)11-8(3)13-9(4)18-11/h5-7H2,1-4H3. The molecule has 1 aromatic rings. The molecular formula is C12H18N2O3S. The summed E-state index contributed by atoms with van der Waals surface area (Å²) in [6.45, 7) is 8.01. The largest absolute Gasteiger partial charge is 0.465 e. The Hall–Kier alpha value is -1.43. The van der Waals surface area contributed by atoms with Gasteiger partial charge in [0.1, 0.15) is 11.4 Å². The summed E-state index contributed by atoms with van der Waals surface area (Å²) >= 11 is 1.35. The van der Waals surface area contributed by atoms with Crippen LogP contribution in [0.3, 0.4) is 0 Å². The van der Waals surface area contributed by atoms with Gasteiger partial charge in [0.2, 0.25) is 0 Å². The number of ether oxygens (including phenoxy) is 1. The Bertz CT molecular complexity index is 443. The summed E-state index contributed by atoms with van der Waals surface area (Å²) in [6.07, 6.45) is 0. The van der Waals surface area contributed by atoms with E-state index in [9.17, 15) is 9.59 Å². The maximum atomic E-state index is 12.2. The van der Waals surface area contributed by atoms with Crippen LogP contribution in [0.2, 0.25) is 0 Å². The van der Waals surface area contributed by atoms with Gasteiger partial charge in [0, 0.05) is 6.54 Å². The molecule has 0 spiro atoms. The first kappa shape index (κ1) is 14.6. The van der Waals surface area contributed by atoms with Crippen molar-refractivity contribution in [3.63, 3.8) is 0 Å². The number of aryl methyl sites for hydroxylation is 2. The molecule has 0 saturated carbocycles. The first-order valence-corrected chi connectivity index (χ1v) is 6.70. The van der Waals surface area contributed by atoms with Crippen molar-refractivity contribution in [3.05, 3.63) is 15.6 Å². The molecule has 1 rings (SSSR count). The number of likely N-dealkylation sites (N-methyl/N-ethyl adjacent to an activating group) is 1. The van der Waals surface area contributed by atoms with E-state index in [1.54, 1.807) is 13.8 Å². The van der Waals surface area contributed by atoms with Gasteiger partial charge in [-0.2, -0.15) is 0 Å². The molecule has 0 saturated heterocycles. The molecule has 5 nitrogen and oxygen atoms in total. The molecule has 0 fully saturated rings. The van der Waals surface area contributed by atoms with Gasteiger partial charge in [-0.15, -0.1) is 11.3 Å². The molecule has 100 valence electrons. The lowest BCUT2D eigenvalue weighted by molar-refractivity contribution is -0.143. The molecule has 0 aliphatic rings. The first-order chi connectivity index (χ1) is 8.49. The van der Waals surface area contributed by atoms with Crippen molar-refractivity contribution >= 4 is 23.2 Å². The Morgan fingerprint density at radius 2 is 2.00 bits per heavy atom. The maximum absolute atomic E-state index is 12.2. The highest BCUT2D eigenvalue weighted by molar-refractivity contribution is 7.13. The number of carbonyl (C=O) groups is 2. The van der Waals surface area contributed by atoms with Crippen molar-refractivity contribution in [2.24, 2.45) is 0 Å². The number of nitrogens with zero attached hydrogens (tertiary/aromatic N) is 2. The van der Waals surface area contributed by atoms with Crippen LogP contribution < -0.4 is 0 Å². The molecule has 1 amide bonds. The summed E-state index contributed by atoms with van der Waals surface area (Å²) in [6, 6.07) is 0. The molecule has 0 atom stereocenters. The third kappa shape index (κ3) is 3.53. The lowest BCUT2D eigenvalue weighted by atomic mass is 10.3. The molecule has 1 aromatic heterocycles. The number of hydrogen-bond donors (Lipinski definition) is 0. The summed E-state index contributed by atoms with van der Waals surface area (Å²) in [4.78, 5) is 29.9. The number of aromatic nitrogens is 1. The van der Waals surface area contributed by atoms with E-state index in [2.05, 4.69) is 4.98 Å². The fourth-order valence-corrected chi connectivity index (χ4v) is 2.45. The minimum Gasteiger partial charge on any atom is -0.465 e. The van der Waals surface area contributed by atoms with E-state index < -0.39 is 0 Å². The van der Waals surface area contributed by atoms with Gasteiger partial charge in [0.25, 0.3) is 5.91 Å². The van der Waals surface area contributed by atoms with E-state index in [0.717, 1.165) is 5.01 Å². The van der Waals surface area contributed by atoms with Crippen molar-refractivity contribution in [2.45, 2.75) is 27.7 Å². The Labute approximate surface area is 111 Å². The third-order valence-corrected chi connectivity index (χ3v) is 3.45. The van der Waals surface area contributed by atoms with E-state index in [4.69, 9.17) is 4.74 Å². The van der Waals surface area contributed by atoms with Crippen LogP contribution in [-0.2, 0) is 9.53 Å². The normalized spacial score (nSPS) is 10.2. The Kier molecular flexibility index (Phi) is 5.27. The summed E-state index contributed by atoms with van der Waals surface area (Å²) in [5.74, 6) is -0.541. The number of hydrogen-bond acceptors (Lipinski definition) is 5. The molecule has 6 heteroatoms. The number of carbonyl (C=O) groups excluding carboxylic acids is 2. The maximum Gasteiger partial charge on any atom is 0.325 e. The molecule has 0 radical (unpaired) electrons. The van der Waals surface area contributed by atoms with Crippen molar-refractivity contribution in [1.82, 2.24) is 9.88 Å². The minimum absolute atomic E-state index is 0.0143. The van der Waals surface area contributed by atoms with Crippen molar-refractivity contribution < 1.29 is 14.3 Å². The van der Waals surface area contributed by atoms with Gasteiger partial charge in [-0.1, -0.05) is 0 Å². The number of thiazole rings is 1. The quantitative estimate of drug-likeness (QED) is 0.765. The average molecular weight is 270 g/mol. The highest BCUT2D eigenvalue weighted by atomic mass is 32.1. The predicted molar refractivity (Wildman–Crippen MR) is 69.8 cm³/mol. The highest BCUT2D eigenvalue weighted by Crippen LogP contribution is 2.19. The Morgan fingerprint density at radius 3 is 2.44 bits per heavy atom. The second-order valence-corrected chi connectivity index (χ2v) is 4.97. The van der Waals surface area contributed by atoms with Crippen molar-refractivity contribution in [2.75, 3.05) is 19.7 Å². The van der Waals surface area contributed by atoms with E-state index in [-0.39, 0.29) is 18.4 Å². The van der Waals surface area contributed by atoms with Gasteiger partial charge in [0.15, 0.2) is 0 Å². The smallest absolute Gasteiger partial charge is 0.325 e. The summed E-state index contributed by atoms with van der Waals surface area (Å²) in [5, 5.41) is 0.850. The van der Waals surface area contributed by atoms with E-state index in [1.807, 2.05) is 13.8 Å².